The molecule has 0 bridgehead atoms. The van der Waals surface area contributed by atoms with Crippen molar-refractivity contribution >= 4 is 71.7 Å². The maximum atomic E-state index is 15.4. The Kier molecular flexibility index (Phi) is 14.0. The van der Waals surface area contributed by atoms with E-state index < -0.39 is 43.5 Å². The average molecular weight is 1060 g/mol. The maximum Gasteiger partial charge on any atom is 0.261 e. The van der Waals surface area contributed by atoms with Gasteiger partial charge in [0.2, 0.25) is 0 Å². The SMILES string of the molecule is Cn1cnc2c(Oc3ccc(/C=C/C(C(=O)C(/C=C/c4ccc(Oc5ncnc6c5ncn6C)cc4)c4ccc(NS(=O)(=O)c5ccc(F)cc5)cc4)c4ccc(NS(=O)(=O)c5ccc(F)cc5)cc4)cc3)ncnc21. The van der Waals surface area contributed by atoms with Crippen LogP contribution >= 0.6 is 0 Å². The summed E-state index contributed by atoms with van der Waals surface area (Å²) in [7, 11) is -4.58. The normalized spacial score (nSPS) is 12.8. The summed E-state index contributed by atoms with van der Waals surface area (Å²) < 4.78 is 101. The van der Waals surface area contributed by atoms with E-state index in [4.69, 9.17) is 9.47 Å². The number of benzene rings is 6. The molecule has 10 rings (SSSR count). The highest BCUT2D eigenvalue weighted by Crippen LogP contribution is 2.34. The molecule has 2 N–H and O–H groups in total. The van der Waals surface area contributed by atoms with Crippen LogP contribution in [-0.4, -0.2) is 61.7 Å². The lowest BCUT2D eigenvalue weighted by atomic mass is 9.82. The van der Waals surface area contributed by atoms with Gasteiger partial charge in [-0.1, -0.05) is 72.8 Å². The monoisotopic (exact) mass is 1060 g/mol. The zero-order valence-electron chi connectivity index (χ0n) is 40.1. The Labute approximate surface area is 434 Å². The molecule has 21 heteroatoms. The predicted octanol–water partition coefficient (Wildman–Crippen LogP) is 10.4. The van der Waals surface area contributed by atoms with Crippen LogP contribution in [0, 0.1) is 11.6 Å². The first-order chi connectivity index (χ1) is 36.7. The second-order valence-electron chi connectivity index (χ2n) is 17.2. The van der Waals surface area contributed by atoms with E-state index in [1.807, 2.05) is 14.1 Å². The van der Waals surface area contributed by atoms with Crippen molar-refractivity contribution in [3.63, 3.8) is 0 Å². The number of nitrogens with zero attached hydrogens (tertiary/aromatic N) is 8. The molecule has 0 saturated carbocycles. The Morgan fingerprint density at radius 2 is 0.868 bits per heavy atom. The van der Waals surface area contributed by atoms with Gasteiger partial charge in [0, 0.05) is 25.5 Å². The van der Waals surface area contributed by atoms with E-state index in [1.54, 1.807) is 119 Å². The fourth-order valence-electron chi connectivity index (χ4n) is 8.04. The summed E-state index contributed by atoms with van der Waals surface area (Å²) in [5, 5.41) is 0. The molecule has 4 heterocycles. The number of ether oxygens (including phenoxy) is 2. The molecular formula is C55H42F2N10O7S2. The van der Waals surface area contributed by atoms with Gasteiger partial charge in [-0.3, -0.25) is 14.2 Å². The van der Waals surface area contributed by atoms with Crippen LogP contribution in [0.3, 0.4) is 0 Å². The fourth-order valence-corrected chi connectivity index (χ4v) is 10.2. The summed E-state index contributed by atoms with van der Waals surface area (Å²) in [6.45, 7) is 0. The summed E-state index contributed by atoms with van der Waals surface area (Å²) in [5.41, 5.74) is 4.99. The van der Waals surface area contributed by atoms with Gasteiger partial charge in [0.25, 0.3) is 31.8 Å². The molecule has 6 aromatic carbocycles. The van der Waals surface area contributed by atoms with Crippen LogP contribution in [0.15, 0.2) is 193 Å². The molecule has 0 saturated heterocycles. The number of aryl methyl sites for hydroxylation is 2. The van der Waals surface area contributed by atoms with Gasteiger partial charge in [-0.2, -0.15) is 9.97 Å². The Bertz CT molecular complexity index is 3770. The molecule has 4 aromatic heterocycles. The number of aromatic nitrogens is 8. The van der Waals surface area contributed by atoms with E-state index in [9.17, 15) is 25.6 Å². The third-order valence-corrected chi connectivity index (χ3v) is 14.8. The van der Waals surface area contributed by atoms with Gasteiger partial charge in [0.1, 0.15) is 35.8 Å². The summed E-state index contributed by atoms with van der Waals surface area (Å²) >= 11 is 0. The van der Waals surface area contributed by atoms with Crippen molar-refractivity contribution in [2.24, 2.45) is 14.1 Å². The van der Waals surface area contributed by atoms with Crippen LogP contribution in [-0.2, 0) is 38.9 Å². The number of ketones is 1. The van der Waals surface area contributed by atoms with E-state index in [-0.39, 0.29) is 38.7 Å². The molecule has 76 heavy (non-hydrogen) atoms. The van der Waals surface area contributed by atoms with Crippen molar-refractivity contribution in [1.82, 2.24) is 39.0 Å². The second-order valence-corrected chi connectivity index (χ2v) is 20.6. The van der Waals surface area contributed by atoms with Crippen molar-refractivity contribution in [2.75, 3.05) is 9.44 Å². The number of imidazole rings is 2. The van der Waals surface area contributed by atoms with Gasteiger partial charge in [0.05, 0.1) is 34.3 Å². The minimum absolute atomic E-state index is 0.143. The van der Waals surface area contributed by atoms with Gasteiger partial charge in [-0.05, 0) is 119 Å². The van der Waals surface area contributed by atoms with E-state index >= 15 is 4.79 Å². The lowest BCUT2D eigenvalue weighted by molar-refractivity contribution is -0.120. The summed E-state index contributed by atoms with van der Waals surface area (Å²) in [5.74, 6) is -1.91. The number of nitrogens with one attached hydrogen (secondary N) is 2. The van der Waals surface area contributed by atoms with Crippen molar-refractivity contribution < 1.29 is 39.9 Å². The molecule has 0 aliphatic heterocycles. The molecule has 0 aliphatic rings. The molecule has 0 spiro atoms. The Balaban J connectivity index is 0.978. The Morgan fingerprint density at radius 3 is 1.24 bits per heavy atom. The molecule has 0 aliphatic carbocycles. The number of carbonyl (C=O) groups is 1. The molecule has 0 fully saturated rings. The molecule has 2 atom stereocenters. The average Bonchev–Trinajstić information content (AvgIpc) is 4.01. The third-order valence-electron chi connectivity index (χ3n) is 12.0. The number of carbonyl (C=O) groups excluding carboxylic acids is 1. The van der Waals surface area contributed by atoms with Crippen LogP contribution in [0.25, 0.3) is 34.5 Å². The molecule has 2 unspecified atom stereocenters. The summed E-state index contributed by atoms with van der Waals surface area (Å²) in [6.07, 6.45) is 13.0. The van der Waals surface area contributed by atoms with Crippen molar-refractivity contribution in [3.05, 3.63) is 217 Å². The number of halogens is 2. The molecule has 10 aromatic rings. The Morgan fingerprint density at radius 1 is 0.500 bits per heavy atom. The number of hydrogen-bond acceptors (Lipinski definition) is 13. The number of hydrogen-bond donors (Lipinski definition) is 2. The molecule has 0 radical (unpaired) electrons. The lowest BCUT2D eigenvalue weighted by Gasteiger charge is -2.20. The smallest absolute Gasteiger partial charge is 0.261 e. The molecule has 0 amide bonds. The van der Waals surface area contributed by atoms with Crippen LogP contribution in [0.5, 0.6) is 23.3 Å². The zero-order valence-corrected chi connectivity index (χ0v) is 41.8. The van der Waals surface area contributed by atoms with E-state index in [0.29, 0.717) is 56.1 Å². The third kappa shape index (κ3) is 11.2. The van der Waals surface area contributed by atoms with E-state index in [1.165, 1.54) is 36.9 Å². The number of rotatable bonds is 18. The number of allylic oxidation sites excluding steroid dienone is 2. The number of sulfonamides is 2. The Hall–Kier alpha value is -9.47. The molecule has 17 nitrogen and oxygen atoms in total. The van der Waals surface area contributed by atoms with Crippen molar-refractivity contribution in [3.8, 4) is 23.3 Å². The van der Waals surface area contributed by atoms with Gasteiger partial charge >= 0.3 is 0 Å². The van der Waals surface area contributed by atoms with Gasteiger partial charge < -0.3 is 18.6 Å². The first kappa shape index (κ1) is 50.1. The highest BCUT2D eigenvalue weighted by atomic mass is 32.2. The van der Waals surface area contributed by atoms with Gasteiger partial charge in [0.15, 0.2) is 28.1 Å². The molecule has 380 valence electrons. The van der Waals surface area contributed by atoms with Gasteiger partial charge in [-0.15, -0.1) is 0 Å². The van der Waals surface area contributed by atoms with Gasteiger partial charge in [-0.25, -0.2) is 45.6 Å². The predicted molar refractivity (Wildman–Crippen MR) is 281 cm³/mol. The molecular weight excluding hydrogens is 1010 g/mol. The van der Waals surface area contributed by atoms with Crippen molar-refractivity contribution in [2.45, 2.75) is 21.6 Å². The quantitative estimate of drug-likeness (QED) is 0.0819. The van der Waals surface area contributed by atoms with Crippen LogP contribution in [0.4, 0.5) is 20.2 Å². The first-order valence-electron chi connectivity index (χ1n) is 23.1. The summed E-state index contributed by atoms with van der Waals surface area (Å²) in [4.78, 5) is 40.9. The highest BCUT2D eigenvalue weighted by molar-refractivity contribution is 7.93. The number of anilines is 2. The maximum absolute atomic E-state index is 15.4. The minimum atomic E-state index is -4.11. The number of fused-ring (bicyclic) bond motifs is 2. The van der Waals surface area contributed by atoms with Crippen LogP contribution < -0.4 is 18.9 Å². The fraction of sp³-hybridized carbons (Fsp3) is 0.0727. The largest absolute Gasteiger partial charge is 0.437 e. The topological polar surface area (TPSA) is 215 Å². The lowest BCUT2D eigenvalue weighted by Crippen LogP contribution is -2.19. The number of Topliss-reactive ketones (excluding diaryl/α,β-unsaturated/α-hetero) is 1. The van der Waals surface area contributed by atoms with Crippen LogP contribution in [0.1, 0.15) is 34.1 Å². The second kappa shape index (κ2) is 21.2. The highest BCUT2D eigenvalue weighted by Gasteiger charge is 2.28. The standard InChI is InChI=1S/C55H42F2N10O7S2/c1-66-33-62-49-52(66)58-31-60-54(49)73-43-21-3-35(4-22-43)7-29-47(37-9-17-41(18-10-37)64-75(69,70)45-25-13-39(56)14-26-45)51(68)48(38-11-19-42(20-12-38)65-76(71,72)46-27-15-40(57)16-28-46)30-8-36-5-23-44(24-6-36)74-55-50-53(59-32-61-55)67(2)34-63-50/h3-34,47-48,64-65H,1-2H3/b29-7+,30-8+. The first-order valence-corrected chi connectivity index (χ1v) is 26.1. The summed E-state index contributed by atoms with van der Waals surface area (Å²) in [6, 6.07) is 35.7. The van der Waals surface area contributed by atoms with Crippen LogP contribution in [0.2, 0.25) is 0 Å². The van der Waals surface area contributed by atoms with E-state index in [2.05, 4.69) is 39.3 Å². The minimum Gasteiger partial charge on any atom is -0.437 e. The van der Waals surface area contributed by atoms with Crippen molar-refractivity contribution in [1.29, 1.82) is 0 Å². The van der Waals surface area contributed by atoms with E-state index in [0.717, 1.165) is 48.5 Å². The zero-order chi connectivity index (χ0) is 53.0.